The van der Waals surface area contributed by atoms with E-state index in [1.807, 2.05) is 47.4 Å². The van der Waals surface area contributed by atoms with Crippen molar-refractivity contribution in [3.8, 4) is 17.2 Å². The smallest absolute Gasteiger partial charge is 0.317 e. The van der Waals surface area contributed by atoms with Crippen molar-refractivity contribution in [1.82, 2.24) is 10.2 Å². The van der Waals surface area contributed by atoms with Gasteiger partial charge in [0, 0.05) is 44.5 Å². The summed E-state index contributed by atoms with van der Waals surface area (Å²) in [6, 6.07) is 13.9. The van der Waals surface area contributed by atoms with Gasteiger partial charge in [0.25, 0.3) is 0 Å². The van der Waals surface area contributed by atoms with E-state index in [4.69, 9.17) is 14.2 Å². The van der Waals surface area contributed by atoms with Crippen molar-refractivity contribution in [2.75, 3.05) is 51.5 Å². The number of piperazine rings is 1. The maximum atomic E-state index is 12.4. The van der Waals surface area contributed by atoms with E-state index in [1.165, 1.54) is 0 Å². The molecule has 0 atom stereocenters. The van der Waals surface area contributed by atoms with E-state index in [9.17, 15) is 4.79 Å². The standard InChI is InChI=1S/C21H25N3O4/c1-26-18-4-2-3-16(13-18)7-8-22-21(25)24-11-9-23(10-12-24)17-5-6-19-20(14-17)28-15-27-19/h2-6,13-14H,7-12,15H2,1H3,(H,22,25). The van der Waals surface area contributed by atoms with E-state index in [2.05, 4.69) is 10.2 Å². The van der Waals surface area contributed by atoms with Gasteiger partial charge in [-0.2, -0.15) is 0 Å². The zero-order valence-corrected chi connectivity index (χ0v) is 16.0. The third-order valence-corrected chi connectivity index (χ3v) is 5.11. The van der Waals surface area contributed by atoms with Crippen molar-refractivity contribution < 1.29 is 19.0 Å². The zero-order chi connectivity index (χ0) is 19.3. The minimum absolute atomic E-state index is 0.00627. The molecule has 7 heteroatoms. The third kappa shape index (κ3) is 4.08. The topological polar surface area (TPSA) is 63.3 Å². The quantitative estimate of drug-likeness (QED) is 0.860. The molecule has 4 rings (SSSR count). The lowest BCUT2D eigenvalue weighted by molar-refractivity contribution is 0.174. The number of carbonyl (C=O) groups is 1. The Labute approximate surface area is 164 Å². The van der Waals surface area contributed by atoms with Crippen molar-refractivity contribution in [3.63, 3.8) is 0 Å². The van der Waals surface area contributed by atoms with Gasteiger partial charge in [0.1, 0.15) is 5.75 Å². The Hall–Kier alpha value is -3.09. The molecule has 2 aromatic carbocycles. The van der Waals surface area contributed by atoms with E-state index >= 15 is 0 Å². The molecular formula is C21H25N3O4. The van der Waals surface area contributed by atoms with Crippen LogP contribution in [0.5, 0.6) is 17.2 Å². The number of nitrogens with zero attached hydrogens (tertiary/aromatic N) is 2. The van der Waals surface area contributed by atoms with Crippen LogP contribution < -0.4 is 24.4 Å². The maximum absolute atomic E-state index is 12.4. The molecule has 0 spiro atoms. The number of ether oxygens (including phenoxy) is 3. The van der Waals surface area contributed by atoms with Crippen LogP contribution in [0.1, 0.15) is 5.56 Å². The molecule has 2 aliphatic heterocycles. The number of benzene rings is 2. The van der Waals surface area contributed by atoms with Crippen molar-refractivity contribution in [2.45, 2.75) is 6.42 Å². The van der Waals surface area contributed by atoms with Gasteiger partial charge in [-0.3, -0.25) is 0 Å². The molecule has 0 saturated carbocycles. The lowest BCUT2D eigenvalue weighted by Crippen LogP contribution is -2.52. The molecular weight excluding hydrogens is 358 g/mol. The minimum Gasteiger partial charge on any atom is -0.497 e. The van der Waals surface area contributed by atoms with Crippen LogP contribution in [0.15, 0.2) is 42.5 Å². The molecule has 2 aromatic rings. The highest BCUT2D eigenvalue weighted by Crippen LogP contribution is 2.35. The van der Waals surface area contributed by atoms with E-state index in [1.54, 1.807) is 7.11 Å². The summed E-state index contributed by atoms with van der Waals surface area (Å²) in [5.41, 5.74) is 2.25. The number of anilines is 1. The molecule has 1 N–H and O–H groups in total. The first kappa shape index (κ1) is 18.3. The van der Waals surface area contributed by atoms with Crippen molar-refractivity contribution in [1.29, 1.82) is 0 Å². The Balaban J connectivity index is 1.23. The second kappa shape index (κ2) is 8.29. The summed E-state index contributed by atoms with van der Waals surface area (Å²) < 4.78 is 16.0. The lowest BCUT2D eigenvalue weighted by Gasteiger charge is -2.36. The van der Waals surface area contributed by atoms with Crippen LogP contribution in [0, 0.1) is 0 Å². The number of urea groups is 1. The highest BCUT2D eigenvalue weighted by atomic mass is 16.7. The van der Waals surface area contributed by atoms with Gasteiger partial charge >= 0.3 is 6.03 Å². The molecule has 0 unspecified atom stereocenters. The Morgan fingerprint density at radius 1 is 1.07 bits per heavy atom. The fraction of sp³-hybridized carbons (Fsp3) is 0.381. The van der Waals surface area contributed by atoms with Gasteiger partial charge in [0.15, 0.2) is 11.5 Å². The Bertz CT molecular complexity index is 834. The number of rotatable bonds is 5. The van der Waals surface area contributed by atoms with Crippen LogP contribution in [-0.2, 0) is 6.42 Å². The van der Waals surface area contributed by atoms with Crippen LogP contribution >= 0.6 is 0 Å². The van der Waals surface area contributed by atoms with Crippen LogP contribution in [0.2, 0.25) is 0 Å². The summed E-state index contributed by atoms with van der Waals surface area (Å²) in [4.78, 5) is 16.6. The molecule has 1 fully saturated rings. The van der Waals surface area contributed by atoms with Gasteiger partial charge in [-0.05, 0) is 36.2 Å². The van der Waals surface area contributed by atoms with Crippen molar-refractivity contribution >= 4 is 11.7 Å². The van der Waals surface area contributed by atoms with E-state index in [0.717, 1.165) is 48.0 Å². The molecule has 28 heavy (non-hydrogen) atoms. The van der Waals surface area contributed by atoms with Crippen LogP contribution in [0.3, 0.4) is 0 Å². The Morgan fingerprint density at radius 2 is 1.89 bits per heavy atom. The van der Waals surface area contributed by atoms with Gasteiger partial charge in [0.05, 0.1) is 7.11 Å². The summed E-state index contributed by atoms with van der Waals surface area (Å²) in [6.07, 6.45) is 0.778. The summed E-state index contributed by atoms with van der Waals surface area (Å²) in [6.45, 7) is 3.86. The summed E-state index contributed by atoms with van der Waals surface area (Å²) in [7, 11) is 1.66. The molecule has 0 aliphatic carbocycles. The van der Waals surface area contributed by atoms with Gasteiger partial charge in [-0.1, -0.05) is 12.1 Å². The lowest BCUT2D eigenvalue weighted by atomic mass is 10.1. The van der Waals surface area contributed by atoms with Crippen molar-refractivity contribution in [2.24, 2.45) is 0 Å². The number of methoxy groups -OCH3 is 1. The molecule has 148 valence electrons. The first-order chi connectivity index (χ1) is 13.7. The number of amides is 2. The molecule has 0 radical (unpaired) electrons. The molecule has 7 nitrogen and oxygen atoms in total. The predicted octanol–water partition coefficient (Wildman–Crippen LogP) is 2.50. The fourth-order valence-corrected chi connectivity index (χ4v) is 3.50. The fourth-order valence-electron chi connectivity index (χ4n) is 3.50. The molecule has 0 aromatic heterocycles. The highest BCUT2D eigenvalue weighted by molar-refractivity contribution is 5.74. The predicted molar refractivity (Wildman–Crippen MR) is 106 cm³/mol. The largest absolute Gasteiger partial charge is 0.497 e. The third-order valence-electron chi connectivity index (χ3n) is 5.11. The van der Waals surface area contributed by atoms with E-state index < -0.39 is 0 Å². The van der Waals surface area contributed by atoms with Gasteiger partial charge in [-0.15, -0.1) is 0 Å². The summed E-state index contributed by atoms with van der Waals surface area (Å²) in [5.74, 6) is 2.41. The van der Waals surface area contributed by atoms with Crippen molar-refractivity contribution in [3.05, 3.63) is 48.0 Å². The average molecular weight is 383 g/mol. The molecule has 2 aliphatic rings. The second-order valence-corrected chi connectivity index (χ2v) is 6.85. The molecule has 1 saturated heterocycles. The number of carbonyl (C=O) groups excluding carboxylic acids is 1. The first-order valence-corrected chi connectivity index (χ1v) is 9.53. The van der Waals surface area contributed by atoms with Crippen LogP contribution in [-0.4, -0.2) is 57.6 Å². The van der Waals surface area contributed by atoms with Gasteiger partial charge in [0.2, 0.25) is 6.79 Å². The van der Waals surface area contributed by atoms with Gasteiger partial charge in [-0.25, -0.2) is 4.79 Å². The zero-order valence-electron chi connectivity index (χ0n) is 16.0. The SMILES string of the molecule is COc1cccc(CCNC(=O)N2CCN(c3ccc4c(c3)OCO4)CC2)c1. The molecule has 0 bridgehead atoms. The first-order valence-electron chi connectivity index (χ1n) is 9.53. The number of fused-ring (bicyclic) bond motifs is 1. The highest BCUT2D eigenvalue weighted by Gasteiger charge is 2.22. The monoisotopic (exact) mass is 383 g/mol. The van der Waals surface area contributed by atoms with Gasteiger partial charge < -0.3 is 29.3 Å². The van der Waals surface area contributed by atoms with E-state index in [-0.39, 0.29) is 12.8 Å². The Morgan fingerprint density at radius 3 is 2.71 bits per heavy atom. The second-order valence-electron chi connectivity index (χ2n) is 6.85. The Kier molecular flexibility index (Phi) is 5.41. The maximum Gasteiger partial charge on any atom is 0.317 e. The number of nitrogens with one attached hydrogen (secondary N) is 1. The normalized spacial score (nSPS) is 15.5. The van der Waals surface area contributed by atoms with Crippen LogP contribution in [0.25, 0.3) is 0 Å². The summed E-state index contributed by atoms with van der Waals surface area (Å²) in [5, 5.41) is 3.02. The summed E-state index contributed by atoms with van der Waals surface area (Å²) >= 11 is 0. The van der Waals surface area contributed by atoms with E-state index in [0.29, 0.717) is 19.6 Å². The van der Waals surface area contributed by atoms with Crippen LogP contribution in [0.4, 0.5) is 10.5 Å². The number of hydrogen-bond donors (Lipinski definition) is 1. The minimum atomic E-state index is -0.00627. The average Bonchev–Trinajstić information content (AvgIpc) is 3.22. The number of hydrogen-bond acceptors (Lipinski definition) is 5. The molecule has 2 heterocycles. The molecule has 2 amide bonds.